The monoisotopic (exact) mass is 503 g/mol. The van der Waals surface area contributed by atoms with Crippen molar-refractivity contribution in [1.82, 2.24) is 5.01 Å². The van der Waals surface area contributed by atoms with Crippen LogP contribution in [0.2, 0.25) is 0 Å². The predicted molar refractivity (Wildman–Crippen MR) is 129 cm³/mol. The van der Waals surface area contributed by atoms with E-state index in [1.54, 1.807) is 51.1 Å². The van der Waals surface area contributed by atoms with Gasteiger partial charge in [0.25, 0.3) is 15.7 Å². The number of ether oxygens (including phenoxy) is 2. The number of nitrogens with zero attached hydrogens (tertiary/aromatic N) is 4. The number of esters is 1. The Morgan fingerprint density at radius 3 is 2.40 bits per heavy atom. The van der Waals surface area contributed by atoms with E-state index >= 15 is 0 Å². The highest BCUT2D eigenvalue weighted by Crippen LogP contribution is 2.34. The Balaban J connectivity index is 2.03. The van der Waals surface area contributed by atoms with Crippen molar-refractivity contribution >= 4 is 39.3 Å². The minimum Gasteiger partial charge on any atom is -0.487 e. The van der Waals surface area contributed by atoms with E-state index in [0.717, 1.165) is 12.4 Å². The lowest BCUT2D eigenvalue weighted by atomic mass is 9.91. The van der Waals surface area contributed by atoms with Crippen LogP contribution in [0.5, 0.6) is 5.75 Å². The first-order valence-electron chi connectivity index (χ1n) is 10.4. The van der Waals surface area contributed by atoms with Crippen LogP contribution in [-0.2, 0) is 25.2 Å². The highest BCUT2D eigenvalue weighted by Gasteiger charge is 2.42. The molecule has 2 N–H and O–H groups in total. The van der Waals surface area contributed by atoms with Gasteiger partial charge in [-0.25, -0.2) is 5.01 Å². The molecule has 0 aromatic heterocycles. The van der Waals surface area contributed by atoms with Crippen LogP contribution >= 0.6 is 0 Å². The van der Waals surface area contributed by atoms with E-state index in [0.29, 0.717) is 11.1 Å². The zero-order chi connectivity index (χ0) is 25.9. The van der Waals surface area contributed by atoms with E-state index in [-0.39, 0.29) is 30.3 Å². The molecule has 0 bridgehead atoms. The van der Waals surface area contributed by atoms with Crippen LogP contribution in [0, 0.1) is 15.5 Å². The predicted octanol–water partition coefficient (Wildman–Crippen LogP) is 2.66. The summed E-state index contributed by atoms with van der Waals surface area (Å²) in [5.74, 6) is -0.409. The summed E-state index contributed by atoms with van der Waals surface area (Å²) in [6.07, 6.45) is 1.01. The molecule has 0 aliphatic carbocycles. The van der Waals surface area contributed by atoms with Crippen LogP contribution in [-0.4, -0.2) is 49.4 Å². The van der Waals surface area contributed by atoms with Crippen LogP contribution in [0.1, 0.15) is 26.3 Å². The number of rotatable bonds is 8. The number of nitro groups is 1. The Kier molecular flexibility index (Phi) is 7.10. The molecular formula is C22H25N5O7S. The number of nitro benzene ring substituents is 1. The van der Waals surface area contributed by atoms with Crippen molar-refractivity contribution in [1.29, 1.82) is 0 Å². The van der Waals surface area contributed by atoms with Gasteiger partial charge in [-0.05, 0) is 26.8 Å². The van der Waals surface area contributed by atoms with Crippen molar-refractivity contribution in [2.24, 2.45) is 14.9 Å². The average molecular weight is 504 g/mol. The maximum Gasteiger partial charge on any atom is 0.312 e. The fourth-order valence-electron chi connectivity index (χ4n) is 3.03. The van der Waals surface area contributed by atoms with E-state index in [9.17, 15) is 23.3 Å². The van der Waals surface area contributed by atoms with Crippen molar-refractivity contribution in [3.05, 3.63) is 64.2 Å². The molecule has 0 spiro atoms. The summed E-state index contributed by atoms with van der Waals surface area (Å²) in [6, 6.07) is 12.5. The number of hydrogen-bond donors (Lipinski definition) is 1. The minimum absolute atomic E-state index is 0.0203. The molecule has 1 heterocycles. The summed E-state index contributed by atoms with van der Waals surface area (Å²) in [7, 11) is -3.83. The molecule has 0 saturated heterocycles. The summed E-state index contributed by atoms with van der Waals surface area (Å²) in [5, 5.41) is 16.1. The van der Waals surface area contributed by atoms with Gasteiger partial charge in [0, 0.05) is 17.7 Å². The van der Waals surface area contributed by atoms with Crippen molar-refractivity contribution in [2.75, 3.05) is 18.9 Å². The molecule has 0 saturated carbocycles. The molecule has 0 fully saturated rings. The number of anilines is 1. The number of hydrazone groups is 1. The lowest BCUT2D eigenvalue weighted by Crippen LogP contribution is -2.49. The molecule has 3 rings (SSSR count). The van der Waals surface area contributed by atoms with Crippen molar-refractivity contribution in [3.63, 3.8) is 0 Å². The molecule has 1 aliphatic rings. The molecule has 2 aromatic rings. The standard InChI is InChI=1S/C22H25N5O7S/c1-21(2,3)20(28)34-22(16-7-5-4-6-8-16,12-26-14-25-35(31,32)15-24-26)13-33-19-10-9-17(27(29)30)11-18(19)23/h4-11,14-15H,12-13,23H2,1-3H3. The van der Waals surface area contributed by atoms with Crippen LogP contribution in [0.15, 0.2) is 58.0 Å². The largest absolute Gasteiger partial charge is 0.487 e. The molecule has 1 unspecified atom stereocenters. The fourth-order valence-corrected chi connectivity index (χ4v) is 3.56. The normalized spacial score (nSPS) is 16.4. The first kappa shape index (κ1) is 25.6. The van der Waals surface area contributed by atoms with Gasteiger partial charge in [-0.3, -0.25) is 14.9 Å². The van der Waals surface area contributed by atoms with Crippen LogP contribution in [0.4, 0.5) is 11.4 Å². The molecule has 13 heteroatoms. The molecule has 0 radical (unpaired) electrons. The third-order valence-electron chi connectivity index (χ3n) is 4.94. The summed E-state index contributed by atoms with van der Waals surface area (Å²) in [6.45, 7) is 4.64. The van der Waals surface area contributed by atoms with E-state index in [2.05, 4.69) is 9.50 Å². The third kappa shape index (κ3) is 6.32. The zero-order valence-corrected chi connectivity index (χ0v) is 20.1. The number of nitrogens with two attached hydrogens (primary N) is 1. The lowest BCUT2D eigenvalue weighted by molar-refractivity contribution is -0.384. The molecule has 1 aliphatic heterocycles. The molecule has 186 valence electrons. The second-order valence-corrected chi connectivity index (χ2v) is 10.3. The summed E-state index contributed by atoms with van der Waals surface area (Å²) in [4.78, 5) is 23.5. The van der Waals surface area contributed by atoms with Gasteiger partial charge in [0.2, 0.25) is 0 Å². The van der Waals surface area contributed by atoms with Gasteiger partial charge in [-0.2, -0.15) is 13.5 Å². The Morgan fingerprint density at radius 2 is 1.86 bits per heavy atom. The van der Waals surface area contributed by atoms with Crippen LogP contribution in [0.25, 0.3) is 0 Å². The van der Waals surface area contributed by atoms with Gasteiger partial charge in [0.1, 0.15) is 18.7 Å². The Morgan fingerprint density at radius 1 is 1.17 bits per heavy atom. The smallest absolute Gasteiger partial charge is 0.312 e. The van der Waals surface area contributed by atoms with Gasteiger partial charge in [0.05, 0.1) is 22.6 Å². The SMILES string of the molecule is CC(C)(C)C(=O)OC(COc1ccc([N+](=O)[O-])cc1N)(CN1C=NS(=O)(=O)C=N1)c1ccccc1. The minimum atomic E-state index is -3.83. The van der Waals surface area contributed by atoms with E-state index in [4.69, 9.17) is 15.2 Å². The maximum absolute atomic E-state index is 13.0. The number of carbonyl (C=O) groups excluding carboxylic acids is 1. The van der Waals surface area contributed by atoms with Crippen LogP contribution < -0.4 is 10.5 Å². The zero-order valence-electron chi connectivity index (χ0n) is 19.3. The number of sulfonamides is 1. The Labute approximate surface area is 202 Å². The van der Waals surface area contributed by atoms with E-state index in [1.165, 1.54) is 17.1 Å². The highest BCUT2D eigenvalue weighted by molar-refractivity contribution is 8.03. The van der Waals surface area contributed by atoms with Crippen molar-refractivity contribution in [2.45, 2.75) is 26.4 Å². The number of carbonyl (C=O) groups is 1. The Hall–Kier alpha value is -4.00. The summed E-state index contributed by atoms with van der Waals surface area (Å²) in [5.41, 5.74) is 4.61. The van der Waals surface area contributed by atoms with Gasteiger partial charge in [-0.1, -0.05) is 30.3 Å². The Bertz CT molecular complexity index is 1250. The third-order valence-corrected chi connectivity index (χ3v) is 5.69. The van der Waals surface area contributed by atoms with Gasteiger partial charge < -0.3 is 15.2 Å². The van der Waals surface area contributed by atoms with Gasteiger partial charge in [-0.15, -0.1) is 4.40 Å². The number of benzene rings is 2. The molecule has 2 aromatic carbocycles. The molecule has 0 amide bonds. The second kappa shape index (κ2) is 9.70. The fraction of sp³-hybridized carbons (Fsp3) is 0.318. The average Bonchev–Trinajstić information content (AvgIpc) is 2.79. The second-order valence-electron chi connectivity index (χ2n) is 8.82. The molecule has 12 nitrogen and oxygen atoms in total. The topological polar surface area (TPSA) is 167 Å². The van der Waals surface area contributed by atoms with E-state index in [1.807, 2.05) is 0 Å². The number of non-ortho nitro benzene ring substituents is 1. The van der Waals surface area contributed by atoms with Gasteiger partial charge in [0.15, 0.2) is 11.1 Å². The maximum atomic E-state index is 13.0. The molecule has 35 heavy (non-hydrogen) atoms. The summed E-state index contributed by atoms with van der Waals surface area (Å²) < 4.78 is 38.7. The molecular weight excluding hydrogens is 478 g/mol. The highest BCUT2D eigenvalue weighted by atomic mass is 32.2. The quantitative estimate of drug-likeness (QED) is 0.246. The van der Waals surface area contributed by atoms with Crippen molar-refractivity contribution < 1.29 is 27.6 Å². The lowest BCUT2D eigenvalue weighted by Gasteiger charge is -2.37. The van der Waals surface area contributed by atoms with Gasteiger partial charge >= 0.3 is 5.97 Å². The molecule has 1 atom stereocenters. The first-order valence-corrected chi connectivity index (χ1v) is 11.9. The van der Waals surface area contributed by atoms with Crippen molar-refractivity contribution in [3.8, 4) is 5.75 Å². The number of hydrogen-bond acceptors (Lipinski definition) is 10. The van der Waals surface area contributed by atoms with Crippen LogP contribution in [0.3, 0.4) is 0 Å². The van der Waals surface area contributed by atoms with E-state index < -0.39 is 31.9 Å². The summed E-state index contributed by atoms with van der Waals surface area (Å²) >= 11 is 0. The first-order chi connectivity index (χ1) is 16.3. The number of nitrogen functional groups attached to an aromatic ring is 1.